The highest BCUT2D eigenvalue weighted by atomic mass is 35.5. The van der Waals surface area contributed by atoms with E-state index in [1.807, 2.05) is 6.07 Å². The van der Waals surface area contributed by atoms with Gasteiger partial charge in [0.25, 0.3) is 5.56 Å². The van der Waals surface area contributed by atoms with Crippen molar-refractivity contribution in [3.05, 3.63) is 75.7 Å². The first kappa shape index (κ1) is 22.2. The molecule has 0 fully saturated rings. The van der Waals surface area contributed by atoms with Gasteiger partial charge in [0.05, 0.1) is 30.6 Å². The van der Waals surface area contributed by atoms with E-state index in [0.29, 0.717) is 43.9 Å². The van der Waals surface area contributed by atoms with Crippen LogP contribution in [-0.4, -0.2) is 44.1 Å². The van der Waals surface area contributed by atoms with Crippen LogP contribution in [0.25, 0.3) is 16.7 Å². The van der Waals surface area contributed by atoms with Crippen LogP contribution in [0.4, 0.5) is 5.69 Å². The van der Waals surface area contributed by atoms with Crippen molar-refractivity contribution in [2.24, 2.45) is 0 Å². The van der Waals surface area contributed by atoms with Gasteiger partial charge in [0.2, 0.25) is 5.91 Å². The van der Waals surface area contributed by atoms with Crippen LogP contribution in [0.15, 0.2) is 64.7 Å². The molecule has 2 aromatic carbocycles. The van der Waals surface area contributed by atoms with Crippen molar-refractivity contribution < 1.29 is 14.3 Å². The Kier molecular flexibility index (Phi) is 5.84. The molecule has 0 saturated heterocycles. The van der Waals surface area contributed by atoms with E-state index < -0.39 is 5.97 Å². The minimum Gasteiger partial charge on any atom is -0.465 e. The number of hydrogen-bond acceptors (Lipinski definition) is 7. The Bertz CT molecular complexity index is 1480. The molecule has 1 N–H and O–H groups in total. The van der Waals surface area contributed by atoms with E-state index in [4.69, 9.17) is 11.6 Å². The van der Waals surface area contributed by atoms with Crippen LogP contribution >= 0.6 is 23.4 Å². The van der Waals surface area contributed by atoms with Crippen molar-refractivity contribution in [2.75, 3.05) is 18.2 Å². The molecule has 5 rings (SSSR count). The first-order chi connectivity index (χ1) is 16.4. The van der Waals surface area contributed by atoms with Gasteiger partial charge in [-0.1, -0.05) is 29.4 Å². The second-order valence-electron chi connectivity index (χ2n) is 7.63. The van der Waals surface area contributed by atoms with Gasteiger partial charge in [-0.3, -0.25) is 14.2 Å². The number of nitrogens with one attached hydrogen (secondary N) is 1. The molecule has 172 valence electrons. The van der Waals surface area contributed by atoms with Crippen LogP contribution in [0.5, 0.6) is 0 Å². The average Bonchev–Trinajstić information content (AvgIpc) is 3.44. The Morgan fingerprint density at radius 3 is 2.76 bits per heavy atom. The molecule has 0 saturated carbocycles. The Hall–Kier alpha value is -3.63. The van der Waals surface area contributed by atoms with Gasteiger partial charge in [-0.15, -0.1) is 0 Å². The van der Waals surface area contributed by atoms with E-state index in [1.54, 1.807) is 51.7 Å². The third kappa shape index (κ3) is 4.06. The van der Waals surface area contributed by atoms with E-state index >= 15 is 0 Å². The molecule has 3 heterocycles. The molecule has 1 aliphatic rings. The van der Waals surface area contributed by atoms with E-state index in [9.17, 15) is 14.4 Å². The number of rotatable bonds is 5. The summed E-state index contributed by atoms with van der Waals surface area (Å²) in [7, 11) is 1.31. The van der Waals surface area contributed by atoms with Gasteiger partial charge in [-0.05, 0) is 42.5 Å². The van der Waals surface area contributed by atoms with Gasteiger partial charge in [0.1, 0.15) is 5.39 Å². The molecule has 2 aromatic heterocycles. The Morgan fingerprint density at radius 2 is 2.03 bits per heavy atom. The van der Waals surface area contributed by atoms with Crippen molar-refractivity contribution >= 4 is 52.0 Å². The minimum absolute atomic E-state index is 0.105. The third-order valence-corrected chi connectivity index (χ3v) is 6.77. The number of anilines is 1. The van der Waals surface area contributed by atoms with Crippen molar-refractivity contribution in [3.8, 4) is 5.69 Å². The zero-order valence-electron chi connectivity index (χ0n) is 17.9. The molecule has 0 radical (unpaired) electrons. The zero-order chi connectivity index (χ0) is 23.8. The largest absolute Gasteiger partial charge is 0.465 e. The number of carbonyl (C=O) groups is 2. The summed E-state index contributed by atoms with van der Waals surface area (Å²) in [6.07, 6.45) is 1.59. The van der Waals surface area contributed by atoms with Crippen LogP contribution in [-0.2, 0) is 9.53 Å². The summed E-state index contributed by atoms with van der Waals surface area (Å²) in [5.41, 5.74) is 1.85. The minimum atomic E-state index is -0.450. The second-order valence-corrected chi connectivity index (χ2v) is 9.05. The fraction of sp³-hybridized carbons (Fsp3) is 0.174. The molecule has 0 bridgehead atoms. The number of hydrogen-bond donors (Lipinski definition) is 1. The number of amides is 1. The number of esters is 1. The van der Waals surface area contributed by atoms with Gasteiger partial charge < -0.3 is 10.1 Å². The highest BCUT2D eigenvalue weighted by molar-refractivity contribution is 7.99. The van der Waals surface area contributed by atoms with Gasteiger partial charge in [-0.2, -0.15) is 5.10 Å². The average molecular weight is 496 g/mol. The molecule has 1 aliphatic heterocycles. The lowest BCUT2D eigenvalue weighted by Crippen LogP contribution is -2.27. The highest BCUT2D eigenvalue weighted by Gasteiger charge is 2.29. The smallest absolute Gasteiger partial charge is 0.337 e. The molecule has 1 atom stereocenters. The molecule has 1 unspecified atom stereocenters. The quantitative estimate of drug-likeness (QED) is 0.332. The fourth-order valence-electron chi connectivity index (χ4n) is 3.81. The van der Waals surface area contributed by atoms with Gasteiger partial charge in [0.15, 0.2) is 10.8 Å². The maximum absolute atomic E-state index is 13.3. The molecule has 1 amide bonds. The van der Waals surface area contributed by atoms with E-state index in [0.717, 1.165) is 0 Å². The van der Waals surface area contributed by atoms with Crippen LogP contribution in [0.3, 0.4) is 0 Å². The molecular weight excluding hydrogens is 478 g/mol. The monoisotopic (exact) mass is 495 g/mol. The van der Waals surface area contributed by atoms with E-state index in [1.165, 1.54) is 25.1 Å². The van der Waals surface area contributed by atoms with Crippen LogP contribution in [0, 0.1) is 0 Å². The van der Waals surface area contributed by atoms with Gasteiger partial charge in [0, 0.05) is 22.9 Å². The number of nitrogens with zero attached hydrogens (tertiary/aromatic N) is 4. The molecule has 9 nitrogen and oxygen atoms in total. The number of aromatic nitrogens is 4. The van der Waals surface area contributed by atoms with Crippen molar-refractivity contribution in [2.45, 2.75) is 17.6 Å². The topological polar surface area (TPSA) is 108 Å². The third-order valence-electron chi connectivity index (χ3n) is 5.43. The Labute approximate surface area is 202 Å². The van der Waals surface area contributed by atoms with Crippen molar-refractivity contribution in [1.82, 2.24) is 19.3 Å². The summed E-state index contributed by atoms with van der Waals surface area (Å²) >= 11 is 7.53. The SMILES string of the molecule is COC(=O)c1ccc(NC(=O)CC2CSc3nc4c(cnn4-c4cccc(Cl)c4)c(=O)n32)cc1. The van der Waals surface area contributed by atoms with Gasteiger partial charge >= 0.3 is 5.97 Å². The van der Waals surface area contributed by atoms with Crippen molar-refractivity contribution in [1.29, 1.82) is 0 Å². The van der Waals surface area contributed by atoms with E-state index in [2.05, 4.69) is 20.1 Å². The number of halogens is 1. The van der Waals surface area contributed by atoms with Crippen LogP contribution < -0.4 is 10.9 Å². The lowest BCUT2D eigenvalue weighted by atomic mass is 10.2. The van der Waals surface area contributed by atoms with Gasteiger partial charge in [-0.25, -0.2) is 14.5 Å². The molecule has 0 spiro atoms. The zero-order valence-corrected chi connectivity index (χ0v) is 19.5. The lowest BCUT2D eigenvalue weighted by molar-refractivity contribution is -0.116. The summed E-state index contributed by atoms with van der Waals surface area (Å²) in [6, 6.07) is 13.2. The van der Waals surface area contributed by atoms with Crippen molar-refractivity contribution in [3.63, 3.8) is 0 Å². The number of methoxy groups -OCH3 is 1. The van der Waals surface area contributed by atoms with E-state index in [-0.39, 0.29) is 23.9 Å². The fourth-order valence-corrected chi connectivity index (χ4v) is 5.13. The first-order valence-electron chi connectivity index (χ1n) is 10.3. The standard InChI is InChI=1S/C23H18ClN5O4S/c1-33-22(32)13-5-7-15(8-6-13)26-19(30)10-17-12-34-23-27-20-18(21(31)28(17)23)11-25-29(20)16-4-2-3-14(24)9-16/h2-9,11,17H,10,12H2,1H3,(H,26,30). The summed E-state index contributed by atoms with van der Waals surface area (Å²) in [6.45, 7) is 0. The molecule has 0 aliphatic carbocycles. The molecule has 34 heavy (non-hydrogen) atoms. The van der Waals surface area contributed by atoms with Crippen LogP contribution in [0.2, 0.25) is 5.02 Å². The predicted molar refractivity (Wildman–Crippen MR) is 129 cm³/mol. The first-order valence-corrected chi connectivity index (χ1v) is 11.7. The normalized spacial score (nSPS) is 14.7. The Morgan fingerprint density at radius 1 is 1.24 bits per heavy atom. The van der Waals surface area contributed by atoms with Crippen LogP contribution in [0.1, 0.15) is 22.8 Å². The number of ether oxygens (including phenoxy) is 1. The highest BCUT2D eigenvalue weighted by Crippen LogP contribution is 2.33. The maximum atomic E-state index is 13.3. The number of thioether (sulfide) groups is 1. The lowest BCUT2D eigenvalue weighted by Gasteiger charge is -2.13. The summed E-state index contributed by atoms with van der Waals surface area (Å²) in [4.78, 5) is 42.2. The Balaban J connectivity index is 1.38. The summed E-state index contributed by atoms with van der Waals surface area (Å²) in [5, 5.41) is 8.61. The summed E-state index contributed by atoms with van der Waals surface area (Å²) < 4.78 is 7.83. The second kappa shape index (κ2) is 8.96. The summed E-state index contributed by atoms with van der Waals surface area (Å²) in [5.74, 6) is -0.144. The molecule has 4 aromatic rings. The predicted octanol–water partition coefficient (Wildman–Crippen LogP) is 3.70. The number of benzene rings is 2. The molecule has 11 heteroatoms. The maximum Gasteiger partial charge on any atom is 0.337 e. The molecular formula is C23H18ClN5O4S. The number of carbonyl (C=O) groups excluding carboxylic acids is 2. The number of fused-ring (bicyclic) bond motifs is 2.